The Morgan fingerprint density at radius 3 is 2.46 bits per heavy atom. The van der Waals surface area contributed by atoms with Gasteiger partial charge in [0.1, 0.15) is 0 Å². The quantitative estimate of drug-likeness (QED) is 0.843. The van der Waals surface area contributed by atoms with Gasteiger partial charge >= 0.3 is 0 Å². The van der Waals surface area contributed by atoms with Crippen LogP contribution in [0.25, 0.3) is 0 Å². The number of rotatable bonds is 3. The van der Waals surface area contributed by atoms with E-state index in [0.717, 1.165) is 56.4 Å². The summed E-state index contributed by atoms with van der Waals surface area (Å²) in [6.07, 6.45) is 2.91. The first-order chi connectivity index (χ1) is 11.0. The lowest BCUT2D eigenvalue weighted by molar-refractivity contribution is -0.135. The van der Waals surface area contributed by atoms with E-state index in [-0.39, 0.29) is 24.2 Å². The summed E-state index contributed by atoms with van der Waals surface area (Å²) in [6.45, 7) is 6.01. The Bertz CT molecular complexity index is 567. The van der Waals surface area contributed by atoms with Gasteiger partial charge in [-0.2, -0.15) is 0 Å². The van der Waals surface area contributed by atoms with Crippen LogP contribution in [-0.2, 0) is 11.2 Å². The molecule has 0 aromatic heterocycles. The van der Waals surface area contributed by atoms with E-state index in [4.69, 9.17) is 23.2 Å². The number of nitrogens with zero attached hydrogens (tertiary/aromatic N) is 1. The Morgan fingerprint density at radius 2 is 1.88 bits per heavy atom. The number of amides is 1. The number of likely N-dealkylation sites (tertiary alicyclic amines) is 1. The zero-order chi connectivity index (χ0) is 16.4. The molecule has 0 spiro atoms. The molecule has 0 aliphatic carbocycles. The van der Waals surface area contributed by atoms with Gasteiger partial charge in [0.25, 0.3) is 0 Å². The van der Waals surface area contributed by atoms with Crippen LogP contribution in [0.3, 0.4) is 0 Å². The van der Waals surface area contributed by atoms with E-state index in [2.05, 4.69) is 10.2 Å². The van der Waals surface area contributed by atoms with Crippen molar-refractivity contribution in [3.8, 4) is 0 Å². The average molecular weight is 392 g/mol. The Morgan fingerprint density at radius 1 is 1.25 bits per heavy atom. The molecule has 6 heteroatoms. The molecule has 0 radical (unpaired) electrons. The van der Waals surface area contributed by atoms with E-state index in [9.17, 15) is 4.79 Å². The minimum Gasteiger partial charge on any atom is -0.342 e. The van der Waals surface area contributed by atoms with Crippen LogP contribution in [0.15, 0.2) is 18.2 Å². The van der Waals surface area contributed by atoms with E-state index in [1.807, 2.05) is 19.1 Å². The third-order valence-electron chi connectivity index (χ3n) is 5.29. The number of benzene rings is 1. The van der Waals surface area contributed by atoms with Gasteiger partial charge in [0.05, 0.1) is 0 Å². The molecule has 1 unspecified atom stereocenters. The van der Waals surface area contributed by atoms with Crippen LogP contribution < -0.4 is 5.32 Å². The zero-order valence-electron chi connectivity index (χ0n) is 13.9. The summed E-state index contributed by atoms with van der Waals surface area (Å²) in [5.41, 5.74) is 0.993. The van der Waals surface area contributed by atoms with Crippen LogP contribution in [0, 0.1) is 17.8 Å². The van der Waals surface area contributed by atoms with Crippen molar-refractivity contribution in [1.82, 2.24) is 10.2 Å². The van der Waals surface area contributed by atoms with Gasteiger partial charge in [-0.1, -0.05) is 36.2 Å². The first kappa shape index (κ1) is 19.8. The maximum Gasteiger partial charge on any atom is 0.225 e. The van der Waals surface area contributed by atoms with Crippen molar-refractivity contribution in [1.29, 1.82) is 0 Å². The highest BCUT2D eigenvalue weighted by atomic mass is 35.5. The molecule has 1 aromatic rings. The molecule has 2 fully saturated rings. The minimum atomic E-state index is -0.0512. The SMILES string of the molecule is CC(Cc1ccc(Cl)cc1Cl)C(=O)N1CC[C@@H]2CNC[C@@H]2CC1.Cl. The summed E-state index contributed by atoms with van der Waals surface area (Å²) in [7, 11) is 0. The van der Waals surface area contributed by atoms with Crippen molar-refractivity contribution in [2.45, 2.75) is 26.2 Å². The molecule has 2 aliphatic rings. The van der Waals surface area contributed by atoms with Crippen molar-refractivity contribution in [3.05, 3.63) is 33.8 Å². The number of nitrogens with one attached hydrogen (secondary N) is 1. The highest BCUT2D eigenvalue weighted by Crippen LogP contribution is 2.28. The first-order valence-corrected chi connectivity index (χ1v) is 9.23. The van der Waals surface area contributed by atoms with Crippen LogP contribution in [0.5, 0.6) is 0 Å². The second-order valence-electron chi connectivity index (χ2n) is 6.92. The second kappa shape index (κ2) is 8.75. The molecular formula is C18H25Cl3N2O. The van der Waals surface area contributed by atoms with Crippen LogP contribution in [0.4, 0.5) is 0 Å². The van der Waals surface area contributed by atoms with Gasteiger partial charge in [-0.05, 0) is 61.9 Å². The number of hydrogen-bond acceptors (Lipinski definition) is 2. The average Bonchev–Trinajstić information content (AvgIpc) is 2.88. The van der Waals surface area contributed by atoms with E-state index in [1.54, 1.807) is 6.07 Å². The van der Waals surface area contributed by atoms with Gasteiger partial charge in [0, 0.05) is 29.1 Å². The Labute approximate surface area is 160 Å². The topological polar surface area (TPSA) is 32.3 Å². The maximum atomic E-state index is 12.8. The predicted octanol–water partition coefficient (Wildman–Crippen LogP) is 4.05. The molecule has 3 rings (SSSR count). The Hall–Kier alpha value is -0.480. The molecule has 2 heterocycles. The van der Waals surface area contributed by atoms with Gasteiger partial charge < -0.3 is 10.2 Å². The molecule has 2 aliphatic heterocycles. The molecule has 0 saturated carbocycles. The third-order valence-corrected chi connectivity index (χ3v) is 5.88. The molecule has 1 amide bonds. The van der Waals surface area contributed by atoms with Gasteiger partial charge in [-0.15, -0.1) is 12.4 Å². The highest BCUT2D eigenvalue weighted by Gasteiger charge is 2.32. The molecule has 24 heavy (non-hydrogen) atoms. The fraction of sp³-hybridized carbons (Fsp3) is 0.611. The molecule has 3 atom stereocenters. The number of fused-ring (bicyclic) bond motifs is 1. The Kier molecular flexibility index (Phi) is 7.23. The van der Waals surface area contributed by atoms with Crippen LogP contribution >= 0.6 is 35.6 Å². The largest absolute Gasteiger partial charge is 0.342 e. The molecule has 1 N–H and O–H groups in total. The van der Waals surface area contributed by atoms with E-state index in [1.165, 1.54) is 0 Å². The summed E-state index contributed by atoms with van der Waals surface area (Å²) in [5, 5.41) is 4.75. The maximum absolute atomic E-state index is 12.8. The molecule has 0 bridgehead atoms. The van der Waals surface area contributed by atoms with E-state index < -0.39 is 0 Å². The zero-order valence-corrected chi connectivity index (χ0v) is 16.3. The Balaban J connectivity index is 0.00000208. The van der Waals surface area contributed by atoms with Crippen molar-refractivity contribution in [2.24, 2.45) is 17.8 Å². The lowest BCUT2D eigenvalue weighted by Crippen LogP contribution is -2.37. The molecule has 3 nitrogen and oxygen atoms in total. The number of carbonyl (C=O) groups excluding carboxylic acids is 1. The first-order valence-electron chi connectivity index (χ1n) is 8.48. The van der Waals surface area contributed by atoms with Gasteiger partial charge in [0.2, 0.25) is 5.91 Å². The summed E-state index contributed by atoms with van der Waals surface area (Å²) < 4.78 is 0. The van der Waals surface area contributed by atoms with Gasteiger partial charge in [-0.3, -0.25) is 4.79 Å². The summed E-state index contributed by atoms with van der Waals surface area (Å²) >= 11 is 12.2. The fourth-order valence-corrected chi connectivity index (χ4v) is 4.34. The summed E-state index contributed by atoms with van der Waals surface area (Å²) in [4.78, 5) is 14.9. The van der Waals surface area contributed by atoms with Crippen LogP contribution in [0.1, 0.15) is 25.3 Å². The van der Waals surface area contributed by atoms with E-state index >= 15 is 0 Å². The van der Waals surface area contributed by atoms with Crippen molar-refractivity contribution >= 4 is 41.5 Å². The monoisotopic (exact) mass is 390 g/mol. The van der Waals surface area contributed by atoms with Crippen molar-refractivity contribution in [3.63, 3.8) is 0 Å². The van der Waals surface area contributed by atoms with Crippen LogP contribution in [0.2, 0.25) is 10.0 Å². The standard InChI is InChI=1S/C18H24Cl2N2O.ClH/c1-12(8-13-2-3-16(19)9-17(13)20)18(23)22-6-4-14-10-21-11-15(14)5-7-22;/h2-3,9,12,14-15,21H,4-8,10-11H2,1H3;1H/t12?,14-,15+;. The number of hydrogen-bond donors (Lipinski definition) is 1. The van der Waals surface area contributed by atoms with Gasteiger partial charge in [-0.25, -0.2) is 0 Å². The lowest BCUT2D eigenvalue weighted by Gasteiger charge is -2.25. The van der Waals surface area contributed by atoms with Crippen LogP contribution in [-0.4, -0.2) is 37.0 Å². The lowest BCUT2D eigenvalue weighted by atomic mass is 9.92. The molecule has 2 saturated heterocycles. The molecule has 134 valence electrons. The highest BCUT2D eigenvalue weighted by molar-refractivity contribution is 6.35. The normalized spacial score (nSPS) is 24.7. The summed E-state index contributed by atoms with van der Waals surface area (Å²) in [6, 6.07) is 5.50. The smallest absolute Gasteiger partial charge is 0.225 e. The predicted molar refractivity (Wildman–Crippen MR) is 102 cm³/mol. The van der Waals surface area contributed by atoms with Gasteiger partial charge in [0.15, 0.2) is 0 Å². The number of carbonyl (C=O) groups is 1. The third kappa shape index (κ3) is 4.57. The fourth-order valence-electron chi connectivity index (χ4n) is 3.85. The number of halogens is 3. The molecular weight excluding hydrogens is 367 g/mol. The summed E-state index contributed by atoms with van der Waals surface area (Å²) in [5.74, 6) is 1.69. The second-order valence-corrected chi connectivity index (χ2v) is 7.77. The minimum absolute atomic E-state index is 0. The van der Waals surface area contributed by atoms with Crippen molar-refractivity contribution in [2.75, 3.05) is 26.2 Å². The van der Waals surface area contributed by atoms with Crippen molar-refractivity contribution < 1.29 is 4.79 Å². The van der Waals surface area contributed by atoms with E-state index in [0.29, 0.717) is 16.5 Å². The molecule has 1 aromatic carbocycles.